The number of hydrogen-bond donors (Lipinski definition) is 1. The zero-order valence-corrected chi connectivity index (χ0v) is 13.2. The van der Waals surface area contributed by atoms with Crippen LogP contribution in [0.15, 0.2) is 24.3 Å². The van der Waals surface area contributed by atoms with Gasteiger partial charge in [0.25, 0.3) is 0 Å². The van der Waals surface area contributed by atoms with E-state index in [9.17, 15) is 0 Å². The van der Waals surface area contributed by atoms with Crippen LogP contribution in [-0.2, 0) is 5.54 Å². The number of nitrogens with zero attached hydrogens (tertiary/aromatic N) is 1. The fourth-order valence-electron chi connectivity index (χ4n) is 3.72. The Morgan fingerprint density at radius 2 is 1.76 bits per heavy atom. The van der Waals surface area contributed by atoms with Gasteiger partial charge in [0.15, 0.2) is 0 Å². The van der Waals surface area contributed by atoms with E-state index in [0.29, 0.717) is 6.10 Å². The number of piperidine rings is 1. The zero-order chi connectivity index (χ0) is 14.7. The molecule has 1 aliphatic heterocycles. The van der Waals surface area contributed by atoms with Crippen LogP contribution in [0.2, 0.25) is 0 Å². The second-order valence-corrected chi connectivity index (χ2v) is 6.83. The van der Waals surface area contributed by atoms with Crippen molar-refractivity contribution < 1.29 is 4.74 Å². The van der Waals surface area contributed by atoms with E-state index in [1.807, 2.05) is 0 Å². The van der Waals surface area contributed by atoms with Crippen LogP contribution in [0.4, 0.5) is 0 Å². The highest BCUT2D eigenvalue weighted by atomic mass is 16.5. The number of benzene rings is 1. The standard InChI is InChI=1S/C18H28N2O/c1-20-13-9-15(10-14-20)21-17-8-4-3-7-16(17)18(19)11-5-2-6-12-18/h3-4,7-8,15H,2,5-6,9-14,19H2,1H3. The van der Waals surface area contributed by atoms with E-state index in [4.69, 9.17) is 10.5 Å². The normalized spacial score (nSPS) is 23.9. The van der Waals surface area contributed by atoms with Gasteiger partial charge in [-0.1, -0.05) is 37.5 Å². The maximum atomic E-state index is 6.72. The molecule has 0 spiro atoms. The van der Waals surface area contributed by atoms with Crippen LogP contribution in [0.25, 0.3) is 0 Å². The fraction of sp³-hybridized carbons (Fsp3) is 0.667. The molecule has 0 bridgehead atoms. The molecule has 0 unspecified atom stereocenters. The number of hydrogen-bond acceptors (Lipinski definition) is 3. The van der Waals surface area contributed by atoms with Gasteiger partial charge in [0.1, 0.15) is 11.9 Å². The predicted molar refractivity (Wildman–Crippen MR) is 86.5 cm³/mol. The van der Waals surface area contributed by atoms with Crippen molar-refractivity contribution in [1.82, 2.24) is 4.90 Å². The summed E-state index contributed by atoms with van der Waals surface area (Å²) in [6.07, 6.45) is 8.52. The average molecular weight is 288 g/mol. The molecule has 0 aromatic heterocycles. The molecule has 1 saturated carbocycles. The molecule has 3 nitrogen and oxygen atoms in total. The van der Waals surface area contributed by atoms with Crippen LogP contribution < -0.4 is 10.5 Å². The van der Waals surface area contributed by atoms with Crippen LogP contribution in [-0.4, -0.2) is 31.1 Å². The van der Waals surface area contributed by atoms with E-state index in [2.05, 4.69) is 36.2 Å². The van der Waals surface area contributed by atoms with Gasteiger partial charge in [-0.05, 0) is 38.8 Å². The molecule has 116 valence electrons. The maximum absolute atomic E-state index is 6.72. The molecular formula is C18H28N2O. The summed E-state index contributed by atoms with van der Waals surface area (Å²) in [5, 5.41) is 0. The Bertz CT molecular complexity index is 460. The largest absolute Gasteiger partial charge is 0.490 e. The van der Waals surface area contributed by atoms with Crippen molar-refractivity contribution in [3.8, 4) is 5.75 Å². The van der Waals surface area contributed by atoms with Gasteiger partial charge < -0.3 is 15.4 Å². The summed E-state index contributed by atoms with van der Waals surface area (Å²) in [6, 6.07) is 8.45. The lowest BCUT2D eigenvalue weighted by molar-refractivity contribution is 0.111. The summed E-state index contributed by atoms with van der Waals surface area (Å²) in [7, 11) is 2.18. The Hall–Kier alpha value is -1.06. The summed E-state index contributed by atoms with van der Waals surface area (Å²) >= 11 is 0. The number of rotatable bonds is 3. The molecule has 21 heavy (non-hydrogen) atoms. The van der Waals surface area contributed by atoms with E-state index in [1.54, 1.807) is 0 Å². The number of para-hydroxylation sites is 1. The van der Waals surface area contributed by atoms with Gasteiger partial charge in [-0.25, -0.2) is 0 Å². The first-order valence-electron chi connectivity index (χ1n) is 8.41. The minimum Gasteiger partial charge on any atom is -0.490 e. The van der Waals surface area contributed by atoms with E-state index >= 15 is 0 Å². The fourth-order valence-corrected chi connectivity index (χ4v) is 3.72. The van der Waals surface area contributed by atoms with Crippen molar-refractivity contribution in [2.24, 2.45) is 5.73 Å². The predicted octanol–water partition coefficient (Wildman–Crippen LogP) is 3.28. The topological polar surface area (TPSA) is 38.5 Å². The van der Waals surface area contributed by atoms with Gasteiger partial charge in [-0.3, -0.25) is 0 Å². The molecule has 3 heteroatoms. The van der Waals surface area contributed by atoms with E-state index < -0.39 is 0 Å². The second-order valence-electron chi connectivity index (χ2n) is 6.83. The van der Waals surface area contributed by atoms with Crippen LogP contribution in [0.3, 0.4) is 0 Å². The first kappa shape index (κ1) is 14.9. The Kier molecular flexibility index (Phi) is 4.51. The monoisotopic (exact) mass is 288 g/mol. The Morgan fingerprint density at radius 1 is 1.10 bits per heavy atom. The van der Waals surface area contributed by atoms with E-state index in [1.165, 1.54) is 24.8 Å². The Morgan fingerprint density at radius 3 is 2.48 bits per heavy atom. The molecule has 2 aliphatic rings. The molecule has 1 saturated heterocycles. The number of ether oxygens (including phenoxy) is 1. The molecule has 1 aliphatic carbocycles. The minimum absolute atomic E-state index is 0.180. The molecular weight excluding hydrogens is 260 g/mol. The van der Waals surface area contributed by atoms with Gasteiger partial charge in [0.05, 0.1) is 0 Å². The lowest BCUT2D eigenvalue weighted by atomic mass is 9.77. The van der Waals surface area contributed by atoms with Crippen molar-refractivity contribution >= 4 is 0 Å². The third kappa shape index (κ3) is 3.41. The summed E-state index contributed by atoms with van der Waals surface area (Å²) in [5.41, 5.74) is 7.77. The van der Waals surface area contributed by atoms with Crippen molar-refractivity contribution in [2.45, 2.75) is 56.6 Å². The third-order valence-corrected chi connectivity index (χ3v) is 5.13. The van der Waals surface area contributed by atoms with Gasteiger partial charge in [-0.15, -0.1) is 0 Å². The van der Waals surface area contributed by atoms with Crippen LogP contribution in [0.1, 0.15) is 50.5 Å². The van der Waals surface area contributed by atoms with E-state index in [0.717, 1.165) is 44.5 Å². The summed E-state index contributed by atoms with van der Waals surface area (Å²) in [5.74, 6) is 1.02. The SMILES string of the molecule is CN1CCC(Oc2ccccc2C2(N)CCCCC2)CC1. The Labute approximate surface area is 128 Å². The molecule has 1 heterocycles. The maximum Gasteiger partial charge on any atom is 0.124 e. The zero-order valence-electron chi connectivity index (χ0n) is 13.2. The van der Waals surface area contributed by atoms with Gasteiger partial charge in [0, 0.05) is 24.2 Å². The number of nitrogens with two attached hydrogens (primary N) is 1. The van der Waals surface area contributed by atoms with Gasteiger partial charge in [0.2, 0.25) is 0 Å². The second kappa shape index (κ2) is 6.37. The molecule has 1 aromatic carbocycles. The van der Waals surface area contributed by atoms with Crippen molar-refractivity contribution in [1.29, 1.82) is 0 Å². The lowest BCUT2D eigenvalue weighted by Crippen LogP contribution is -2.40. The van der Waals surface area contributed by atoms with Crippen LogP contribution >= 0.6 is 0 Å². The first-order valence-corrected chi connectivity index (χ1v) is 8.41. The molecule has 0 amide bonds. The highest BCUT2D eigenvalue weighted by molar-refractivity contribution is 5.39. The highest BCUT2D eigenvalue weighted by Crippen LogP contribution is 2.39. The highest BCUT2D eigenvalue weighted by Gasteiger charge is 2.32. The van der Waals surface area contributed by atoms with Crippen LogP contribution in [0.5, 0.6) is 5.75 Å². The van der Waals surface area contributed by atoms with Gasteiger partial charge in [-0.2, -0.15) is 0 Å². The third-order valence-electron chi connectivity index (χ3n) is 5.13. The molecule has 2 fully saturated rings. The van der Waals surface area contributed by atoms with Crippen molar-refractivity contribution in [3.63, 3.8) is 0 Å². The molecule has 3 rings (SSSR count). The summed E-state index contributed by atoms with van der Waals surface area (Å²) in [4.78, 5) is 2.37. The molecule has 0 atom stereocenters. The Balaban J connectivity index is 1.76. The van der Waals surface area contributed by atoms with Crippen molar-refractivity contribution in [2.75, 3.05) is 20.1 Å². The quantitative estimate of drug-likeness (QED) is 0.927. The molecule has 1 aromatic rings. The van der Waals surface area contributed by atoms with Crippen LogP contribution in [0, 0.1) is 0 Å². The van der Waals surface area contributed by atoms with Crippen molar-refractivity contribution in [3.05, 3.63) is 29.8 Å². The summed E-state index contributed by atoms with van der Waals surface area (Å²) in [6.45, 7) is 2.25. The smallest absolute Gasteiger partial charge is 0.124 e. The minimum atomic E-state index is -0.180. The average Bonchev–Trinajstić information content (AvgIpc) is 2.51. The number of likely N-dealkylation sites (tertiary alicyclic amines) is 1. The van der Waals surface area contributed by atoms with Gasteiger partial charge >= 0.3 is 0 Å². The molecule has 2 N–H and O–H groups in total. The lowest BCUT2D eigenvalue weighted by Gasteiger charge is -2.36. The summed E-state index contributed by atoms with van der Waals surface area (Å²) < 4.78 is 6.35. The first-order chi connectivity index (χ1) is 10.2. The molecule has 0 radical (unpaired) electrons. The van der Waals surface area contributed by atoms with E-state index in [-0.39, 0.29) is 5.54 Å².